The van der Waals surface area contributed by atoms with Crippen LogP contribution >= 0.6 is 0 Å². The predicted molar refractivity (Wildman–Crippen MR) is 35.4 cm³/mol. The highest BCUT2D eigenvalue weighted by atomic mass is 16.6. The Morgan fingerprint density at radius 3 is 3.00 bits per heavy atom. The normalized spacial score (nSPS) is 25.7. The lowest BCUT2D eigenvalue weighted by Gasteiger charge is -2.14. The average Bonchev–Trinajstić information content (AvgIpc) is 1.88. The third-order valence-corrected chi connectivity index (χ3v) is 1.58. The van der Waals surface area contributed by atoms with Gasteiger partial charge >= 0.3 is 0 Å². The van der Waals surface area contributed by atoms with Gasteiger partial charge in [-0.05, 0) is 6.92 Å². The maximum atomic E-state index is 10.2. The van der Waals surface area contributed by atoms with E-state index in [2.05, 4.69) is 0 Å². The van der Waals surface area contributed by atoms with E-state index in [1.807, 2.05) is 0 Å². The summed E-state index contributed by atoms with van der Waals surface area (Å²) in [6, 6.07) is -0.617. The molecule has 0 N–H and O–H groups in total. The fraction of sp³-hybridized carbons (Fsp3) is 0.667. The van der Waals surface area contributed by atoms with Gasteiger partial charge in [0.15, 0.2) is 0 Å². The van der Waals surface area contributed by atoms with Crippen molar-refractivity contribution in [3.05, 3.63) is 21.8 Å². The van der Waals surface area contributed by atoms with Crippen molar-refractivity contribution in [1.29, 1.82) is 0 Å². The molecule has 0 amide bonds. The Kier molecular flexibility index (Phi) is 2.01. The van der Waals surface area contributed by atoms with E-state index >= 15 is 0 Å². The number of hydrogen-bond donors (Lipinski definition) is 0. The molecule has 0 radical (unpaired) electrons. The molecule has 1 atom stereocenters. The summed E-state index contributed by atoms with van der Waals surface area (Å²) in [6.07, 6.45) is 1.75. The summed E-state index contributed by atoms with van der Waals surface area (Å²) in [4.78, 5) is 9.94. The van der Waals surface area contributed by atoms with Crippen LogP contribution < -0.4 is 0 Å². The highest BCUT2D eigenvalue weighted by Crippen LogP contribution is 2.09. The fourth-order valence-electron chi connectivity index (χ4n) is 0.865. The summed E-state index contributed by atoms with van der Waals surface area (Å²) < 4.78 is 4.90. The summed E-state index contributed by atoms with van der Waals surface area (Å²) in [5, 5.41) is 10.2. The second-order valence-corrected chi connectivity index (χ2v) is 2.29. The van der Waals surface area contributed by atoms with E-state index in [0.717, 1.165) is 5.57 Å². The molecule has 10 heavy (non-hydrogen) atoms. The minimum Gasteiger partial charge on any atom is -0.370 e. The van der Waals surface area contributed by atoms with E-state index in [4.69, 9.17) is 4.74 Å². The van der Waals surface area contributed by atoms with Crippen LogP contribution in [0.4, 0.5) is 0 Å². The van der Waals surface area contributed by atoms with Gasteiger partial charge in [0.25, 0.3) is 6.04 Å². The molecule has 1 rings (SSSR count). The standard InChI is InChI=1S/C6H9NO3/c1-5-2-3-10-4-6(5)7(8)9/h2,6H,3-4H2,1H3. The molecule has 0 aromatic heterocycles. The fourth-order valence-corrected chi connectivity index (χ4v) is 0.865. The maximum absolute atomic E-state index is 10.2. The second-order valence-electron chi connectivity index (χ2n) is 2.29. The molecule has 56 valence electrons. The lowest BCUT2D eigenvalue weighted by Crippen LogP contribution is -2.29. The third kappa shape index (κ3) is 1.33. The molecule has 0 spiro atoms. The molecule has 0 bridgehead atoms. The molecule has 0 saturated heterocycles. The smallest absolute Gasteiger partial charge is 0.256 e. The molecular weight excluding hydrogens is 134 g/mol. The van der Waals surface area contributed by atoms with Gasteiger partial charge in [-0.3, -0.25) is 10.1 Å². The quantitative estimate of drug-likeness (QED) is 0.307. The number of hydrogen-bond acceptors (Lipinski definition) is 3. The van der Waals surface area contributed by atoms with Gasteiger partial charge in [-0.25, -0.2) is 0 Å². The summed E-state index contributed by atoms with van der Waals surface area (Å²) in [6.45, 7) is 2.49. The van der Waals surface area contributed by atoms with Crippen molar-refractivity contribution in [3.8, 4) is 0 Å². The van der Waals surface area contributed by atoms with Crippen LogP contribution in [0.1, 0.15) is 6.92 Å². The van der Waals surface area contributed by atoms with E-state index in [0.29, 0.717) is 6.61 Å². The van der Waals surface area contributed by atoms with Gasteiger partial charge in [0, 0.05) is 10.5 Å². The first kappa shape index (κ1) is 7.21. The van der Waals surface area contributed by atoms with Crippen LogP contribution in [0.15, 0.2) is 11.6 Å². The highest BCUT2D eigenvalue weighted by Gasteiger charge is 2.24. The van der Waals surface area contributed by atoms with Crippen LogP contribution in [-0.4, -0.2) is 24.2 Å². The van der Waals surface area contributed by atoms with E-state index in [1.54, 1.807) is 13.0 Å². The van der Waals surface area contributed by atoms with Gasteiger partial charge < -0.3 is 4.74 Å². The van der Waals surface area contributed by atoms with Crippen molar-refractivity contribution in [2.45, 2.75) is 13.0 Å². The van der Waals surface area contributed by atoms with Crippen molar-refractivity contribution in [1.82, 2.24) is 0 Å². The Labute approximate surface area is 58.6 Å². The lowest BCUT2D eigenvalue weighted by atomic mass is 10.1. The number of nitrogens with zero attached hydrogens (tertiary/aromatic N) is 1. The van der Waals surface area contributed by atoms with Crippen molar-refractivity contribution in [2.24, 2.45) is 0 Å². The largest absolute Gasteiger partial charge is 0.370 e. The minimum atomic E-state index is -0.617. The molecule has 4 heteroatoms. The molecule has 1 unspecified atom stereocenters. The van der Waals surface area contributed by atoms with Crippen LogP contribution in [0.2, 0.25) is 0 Å². The third-order valence-electron chi connectivity index (χ3n) is 1.58. The molecule has 0 saturated carbocycles. The Morgan fingerprint density at radius 1 is 1.90 bits per heavy atom. The molecule has 0 aromatic rings. The van der Waals surface area contributed by atoms with E-state index in [9.17, 15) is 10.1 Å². The predicted octanol–water partition coefficient (Wildman–Crippen LogP) is 0.608. The number of ether oxygens (including phenoxy) is 1. The van der Waals surface area contributed by atoms with Gasteiger partial charge in [0.1, 0.15) is 6.61 Å². The molecular formula is C6H9NO3. The topological polar surface area (TPSA) is 52.4 Å². The summed E-state index contributed by atoms with van der Waals surface area (Å²) in [5.41, 5.74) is 0.802. The first-order valence-electron chi connectivity index (χ1n) is 3.09. The Bertz CT molecular complexity index is 176. The average molecular weight is 143 g/mol. The first-order valence-corrected chi connectivity index (χ1v) is 3.09. The zero-order valence-corrected chi connectivity index (χ0v) is 5.74. The second kappa shape index (κ2) is 2.79. The zero-order valence-electron chi connectivity index (χ0n) is 5.74. The van der Waals surface area contributed by atoms with Crippen LogP contribution in [0.25, 0.3) is 0 Å². The monoisotopic (exact) mass is 143 g/mol. The van der Waals surface area contributed by atoms with Crippen LogP contribution in [-0.2, 0) is 4.74 Å². The van der Waals surface area contributed by atoms with Gasteiger partial charge in [0.2, 0.25) is 0 Å². The zero-order chi connectivity index (χ0) is 7.56. The minimum absolute atomic E-state index is 0.218. The molecule has 1 aliphatic heterocycles. The molecule has 0 fully saturated rings. The number of nitro groups is 1. The molecule has 1 heterocycles. The maximum Gasteiger partial charge on any atom is 0.256 e. The van der Waals surface area contributed by atoms with E-state index < -0.39 is 6.04 Å². The van der Waals surface area contributed by atoms with Crippen molar-refractivity contribution in [3.63, 3.8) is 0 Å². The Morgan fingerprint density at radius 2 is 2.60 bits per heavy atom. The van der Waals surface area contributed by atoms with Crippen LogP contribution in [0, 0.1) is 10.1 Å². The van der Waals surface area contributed by atoms with Gasteiger partial charge in [-0.1, -0.05) is 6.08 Å². The van der Waals surface area contributed by atoms with E-state index in [1.165, 1.54) is 0 Å². The highest BCUT2D eigenvalue weighted by molar-refractivity contribution is 5.07. The molecule has 1 aliphatic rings. The molecule has 0 aromatic carbocycles. The van der Waals surface area contributed by atoms with Crippen molar-refractivity contribution in [2.75, 3.05) is 13.2 Å². The van der Waals surface area contributed by atoms with Gasteiger partial charge in [0.05, 0.1) is 6.61 Å². The summed E-state index contributed by atoms with van der Waals surface area (Å²) >= 11 is 0. The number of rotatable bonds is 1. The first-order chi connectivity index (χ1) is 4.72. The van der Waals surface area contributed by atoms with Crippen LogP contribution in [0.5, 0.6) is 0 Å². The van der Waals surface area contributed by atoms with E-state index in [-0.39, 0.29) is 11.5 Å². The SMILES string of the molecule is CC1=CCOCC1[N+](=O)[O-]. The van der Waals surface area contributed by atoms with Crippen molar-refractivity contribution >= 4 is 0 Å². The van der Waals surface area contributed by atoms with Crippen LogP contribution in [0.3, 0.4) is 0 Å². The molecule has 4 nitrogen and oxygen atoms in total. The van der Waals surface area contributed by atoms with Gasteiger partial charge in [-0.15, -0.1) is 0 Å². The Balaban J connectivity index is 2.67. The lowest BCUT2D eigenvalue weighted by molar-refractivity contribution is -0.517. The summed E-state index contributed by atoms with van der Waals surface area (Å²) in [7, 11) is 0. The van der Waals surface area contributed by atoms with Gasteiger partial charge in [-0.2, -0.15) is 0 Å². The van der Waals surface area contributed by atoms with Crippen molar-refractivity contribution < 1.29 is 9.66 Å². The molecule has 0 aliphatic carbocycles. The summed E-state index contributed by atoms with van der Waals surface area (Å²) in [5.74, 6) is 0. The Hall–Kier alpha value is -0.900.